The Morgan fingerprint density at radius 3 is 2.74 bits per heavy atom. The Hall–Kier alpha value is -3.29. The molecule has 0 unspecified atom stereocenters. The van der Waals surface area contributed by atoms with Gasteiger partial charge >= 0.3 is 0 Å². The summed E-state index contributed by atoms with van der Waals surface area (Å²) in [6, 6.07) is 10.3. The Morgan fingerprint density at radius 1 is 1.19 bits per heavy atom. The van der Waals surface area contributed by atoms with Gasteiger partial charge in [-0.3, -0.25) is 4.79 Å². The molecule has 1 aromatic carbocycles. The number of benzene rings is 1. The molecule has 2 aliphatic rings. The predicted octanol–water partition coefficient (Wildman–Crippen LogP) is 2.46. The average Bonchev–Trinajstić information content (AvgIpc) is 3.36. The number of hydrogen-bond acceptors (Lipinski definition) is 6. The Labute approximate surface area is 181 Å². The second-order valence-electron chi connectivity index (χ2n) is 8.86. The third-order valence-corrected chi connectivity index (χ3v) is 6.48. The van der Waals surface area contributed by atoms with Crippen LogP contribution in [0.2, 0.25) is 0 Å². The molecule has 1 spiro atoms. The summed E-state index contributed by atoms with van der Waals surface area (Å²) in [6.07, 6.45) is 3.30. The zero-order chi connectivity index (χ0) is 21.6. The maximum Gasteiger partial charge on any atom is 0.227 e. The molecular formula is C23H27N7O. The molecule has 1 atom stereocenters. The van der Waals surface area contributed by atoms with Crippen molar-refractivity contribution in [1.82, 2.24) is 30.1 Å². The number of amides is 1. The van der Waals surface area contributed by atoms with Crippen LogP contribution in [-0.2, 0) is 24.7 Å². The van der Waals surface area contributed by atoms with E-state index in [0.717, 1.165) is 55.0 Å². The van der Waals surface area contributed by atoms with Gasteiger partial charge in [0.1, 0.15) is 5.82 Å². The van der Waals surface area contributed by atoms with Crippen molar-refractivity contribution in [3.63, 3.8) is 0 Å². The number of carbonyl (C=O) groups is 1. The zero-order valence-corrected chi connectivity index (χ0v) is 18.2. The monoisotopic (exact) mass is 417 g/mol. The van der Waals surface area contributed by atoms with Crippen molar-refractivity contribution in [1.29, 1.82) is 0 Å². The fourth-order valence-corrected chi connectivity index (χ4v) is 4.64. The standard InChI is InChI=1S/C23H27N7O/c1-15-4-6-17(7-5-15)12-20(31)30-11-10-23(14-30)9-8-18-13-19(16(2)24-21(18)25-23)22-26-28-29(3)27-22/h4-7,13H,8-12,14H2,1-3H3,(H,24,25)/t23-/m1/s1. The van der Waals surface area contributed by atoms with E-state index in [1.54, 1.807) is 7.05 Å². The SMILES string of the molecule is Cc1ccc(CC(=O)N2CC[C@]3(CCc4cc(-c5nnn(C)n5)c(C)nc4N3)C2)cc1. The van der Waals surface area contributed by atoms with E-state index in [2.05, 4.69) is 45.9 Å². The van der Waals surface area contributed by atoms with Crippen molar-refractivity contribution in [2.24, 2.45) is 7.05 Å². The highest BCUT2D eigenvalue weighted by Gasteiger charge is 2.42. The second kappa shape index (κ2) is 7.44. The minimum atomic E-state index is -0.0955. The molecule has 31 heavy (non-hydrogen) atoms. The number of rotatable bonds is 3. The molecule has 0 radical (unpaired) electrons. The fourth-order valence-electron chi connectivity index (χ4n) is 4.64. The molecule has 8 heteroatoms. The van der Waals surface area contributed by atoms with E-state index >= 15 is 0 Å². The van der Waals surface area contributed by atoms with Crippen LogP contribution in [0.1, 0.15) is 35.2 Å². The summed E-state index contributed by atoms with van der Waals surface area (Å²) in [6.45, 7) is 5.55. The van der Waals surface area contributed by atoms with Gasteiger partial charge in [0.05, 0.1) is 24.7 Å². The largest absolute Gasteiger partial charge is 0.363 e. The summed E-state index contributed by atoms with van der Waals surface area (Å²) in [5.74, 6) is 1.72. The van der Waals surface area contributed by atoms with E-state index in [9.17, 15) is 4.79 Å². The summed E-state index contributed by atoms with van der Waals surface area (Å²) >= 11 is 0. The molecule has 4 heterocycles. The smallest absolute Gasteiger partial charge is 0.227 e. The lowest BCUT2D eigenvalue weighted by molar-refractivity contribution is -0.129. The number of aromatic nitrogens is 5. The van der Waals surface area contributed by atoms with E-state index in [4.69, 9.17) is 4.98 Å². The molecule has 0 aliphatic carbocycles. The van der Waals surface area contributed by atoms with Crippen molar-refractivity contribution in [3.8, 4) is 11.4 Å². The van der Waals surface area contributed by atoms with Crippen molar-refractivity contribution in [2.45, 2.75) is 45.1 Å². The predicted molar refractivity (Wildman–Crippen MR) is 118 cm³/mol. The van der Waals surface area contributed by atoms with Crippen LogP contribution in [0.3, 0.4) is 0 Å². The maximum atomic E-state index is 12.9. The lowest BCUT2D eigenvalue weighted by atomic mass is 9.86. The molecule has 3 aromatic rings. The molecule has 160 valence electrons. The van der Waals surface area contributed by atoms with Crippen molar-refractivity contribution in [2.75, 3.05) is 18.4 Å². The Morgan fingerprint density at radius 2 is 2.00 bits per heavy atom. The van der Waals surface area contributed by atoms with Crippen LogP contribution in [0.4, 0.5) is 5.82 Å². The maximum absolute atomic E-state index is 12.9. The van der Waals surface area contributed by atoms with Gasteiger partial charge in [-0.2, -0.15) is 4.80 Å². The van der Waals surface area contributed by atoms with E-state index in [1.165, 1.54) is 15.9 Å². The van der Waals surface area contributed by atoms with Gasteiger partial charge in [-0.1, -0.05) is 29.8 Å². The summed E-state index contributed by atoms with van der Waals surface area (Å²) in [5.41, 5.74) is 5.15. The van der Waals surface area contributed by atoms with E-state index in [-0.39, 0.29) is 11.4 Å². The molecule has 0 bridgehead atoms. The highest BCUT2D eigenvalue weighted by molar-refractivity contribution is 5.79. The topological polar surface area (TPSA) is 88.8 Å². The van der Waals surface area contributed by atoms with Gasteiger partial charge in [-0.25, -0.2) is 4.98 Å². The van der Waals surface area contributed by atoms with Gasteiger partial charge in [0.2, 0.25) is 11.7 Å². The lowest BCUT2D eigenvalue weighted by Gasteiger charge is -2.36. The molecular weight excluding hydrogens is 390 g/mol. The van der Waals surface area contributed by atoms with E-state index < -0.39 is 0 Å². The Bertz CT molecular complexity index is 1140. The summed E-state index contributed by atoms with van der Waals surface area (Å²) in [7, 11) is 1.76. The molecule has 1 N–H and O–H groups in total. The van der Waals surface area contributed by atoms with Gasteiger partial charge in [-0.15, -0.1) is 10.2 Å². The number of fused-ring (bicyclic) bond motifs is 1. The van der Waals surface area contributed by atoms with Crippen LogP contribution in [0.25, 0.3) is 11.4 Å². The first-order chi connectivity index (χ1) is 14.9. The fraction of sp³-hybridized carbons (Fsp3) is 0.435. The first-order valence-corrected chi connectivity index (χ1v) is 10.8. The number of anilines is 1. The molecule has 1 amide bonds. The van der Waals surface area contributed by atoms with Crippen LogP contribution in [0.5, 0.6) is 0 Å². The average molecular weight is 418 g/mol. The van der Waals surface area contributed by atoms with Crippen LogP contribution in [0, 0.1) is 13.8 Å². The number of hydrogen-bond donors (Lipinski definition) is 1. The molecule has 1 saturated heterocycles. The minimum absolute atomic E-state index is 0.0955. The number of nitrogens with one attached hydrogen (secondary N) is 1. The number of tetrazole rings is 1. The summed E-state index contributed by atoms with van der Waals surface area (Å²) in [5, 5.41) is 16.1. The number of likely N-dealkylation sites (tertiary alicyclic amines) is 1. The van der Waals surface area contributed by atoms with Gasteiger partial charge < -0.3 is 10.2 Å². The van der Waals surface area contributed by atoms with Gasteiger partial charge in [-0.05, 0) is 55.5 Å². The highest BCUT2D eigenvalue weighted by Crippen LogP contribution is 2.37. The summed E-state index contributed by atoms with van der Waals surface area (Å²) < 4.78 is 0. The van der Waals surface area contributed by atoms with Crippen molar-refractivity contribution in [3.05, 3.63) is 52.7 Å². The number of carbonyl (C=O) groups excluding carboxylic acids is 1. The van der Waals surface area contributed by atoms with Crippen LogP contribution in [-0.4, -0.2) is 54.6 Å². The summed E-state index contributed by atoms with van der Waals surface area (Å²) in [4.78, 5) is 21.2. The van der Waals surface area contributed by atoms with E-state index in [1.807, 2.05) is 24.0 Å². The number of pyridine rings is 1. The van der Waals surface area contributed by atoms with Gasteiger partial charge in [0, 0.05) is 18.7 Å². The Balaban J connectivity index is 1.30. The molecule has 1 fully saturated rings. The van der Waals surface area contributed by atoms with Crippen molar-refractivity contribution < 1.29 is 4.79 Å². The molecule has 0 saturated carbocycles. The lowest BCUT2D eigenvalue weighted by Crippen LogP contribution is -2.45. The third kappa shape index (κ3) is 3.78. The van der Waals surface area contributed by atoms with Crippen LogP contribution in [0.15, 0.2) is 30.3 Å². The molecule has 2 aromatic heterocycles. The van der Waals surface area contributed by atoms with Gasteiger partial charge in [0.25, 0.3) is 0 Å². The first kappa shape index (κ1) is 19.7. The normalized spacial score (nSPS) is 20.0. The Kier molecular flexibility index (Phi) is 4.72. The number of aryl methyl sites for hydroxylation is 4. The first-order valence-electron chi connectivity index (χ1n) is 10.8. The molecule has 5 rings (SSSR count). The quantitative estimate of drug-likeness (QED) is 0.704. The molecule has 8 nitrogen and oxygen atoms in total. The second-order valence-corrected chi connectivity index (χ2v) is 8.86. The highest BCUT2D eigenvalue weighted by atomic mass is 16.2. The minimum Gasteiger partial charge on any atom is -0.363 e. The van der Waals surface area contributed by atoms with Crippen LogP contribution >= 0.6 is 0 Å². The third-order valence-electron chi connectivity index (χ3n) is 6.48. The molecule has 2 aliphatic heterocycles. The van der Waals surface area contributed by atoms with Crippen molar-refractivity contribution >= 4 is 11.7 Å². The number of nitrogens with zero attached hydrogens (tertiary/aromatic N) is 6. The van der Waals surface area contributed by atoms with E-state index in [0.29, 0.717) is 12.2 Å². The van der Waals surface area contributed by atoms with Gasteiger partial charge in [0.15, 0.2) is 0 Å². The zero-order valence-electron chi connectivity index (χ0n) is 18.2. The van der Waals surface area contributed by atoms with Crippen LogP contribution < -0.4 is 5.32 Å².